The second-order valence-corrected chi connectivity index (χ2v) is 5.48. The van der Waals surface area contributed by atoms with E-state index in [9.17, 15) is 14.7 Å². The number of aliphatic hydroxyl groups is 1. The molecule has 1 unspecified atom stereocenters. The monoisotopic (exact) mass is 318 g/mol. The van der Waals surface area contributed by atoms with E-state index in [-0.39, 0.29) is 12.1 Å². The Morgan fingerprint density at radius 3 is 2.57 bits per heavy atom. The van der Waals surface area contributed by atoms with Crippen molar-refractivity contribution in [2.45, 2.75) is 12.5 Å². The Bertz CT molecular complexity index is 767. The van der Waals surface area contributed by atoms with Crippen LogP contribution < -0.4 is 9.47 Å². The molecule has 1 aromatic heterocycles. The van der Waals surface area contributed by atoms with E-state index in [2.05, 4.69) is 4.98 Å². The fourth-order valence-corrected chi connectivity index (χ4v) is 2.82. The average Bonchev–Trinajstić information content (AvgIpc) is 3.17. The SMILES string of the molecule is COc1cc2[nH]cc(C(=O)C(=O)N3CCC(O)C3)c2cc1OC. The number of β-amino-alcohol motifs (C(OH)–C–C–N with tert-alkyl or cyclic N) is 1. The summed E-state index contributed by atoms with van der Waals surface area (Å²) >= 11 is 0. The van der Waals surface area contributed by atoms with Crippen molar-refractivity contribution < 1.29 is 24.2 Å². The quantitative estimate of drug-likeness (QED) is 0.647. The van der Waals surface area contributed by atoms with Crippen molar-refractivity contribution in [3.63, 3.8) is 0 Å². The van der Waals surface area contributed by atoms with Gasteiger partial charge in [0.05, 0.1) is 31.4 Å². The number of likely N-dealkylation sites (tertiary alicyclic amines) is 1. The molecule has 122 valence electrons. The molecule has 1 fully saturated rings. The maximum Gasteiger partial charge on any atom is 0.295 e. The summed E-state index contributed by atoms with van der Waals surface area (Å²) in [6.07, 6.45) is 1.45. The Morgan fingerprint density at radius 2 is 1.96 bits per heavy atom. The normalized spacial score (nSPS) is 17.5. The van der Waals surface area contributed by atoms with E-state index in [4.69, 9.17) is 9.47 Å². The van der Waals surface area contributed by atoms with Gasteiger partial charge in [-0.25, -0.2) is 0 Å². The lowest BCUT2D eigenvalue weighted by molar-refractivity contribution is -0.125. The summed E-state index contributed by atoms with van der Waals surface area (Å²) < 4.78 is 10.5. The molecule has 0 aliphatic carbocycles. The van der Waals surface area contributed by atoms with Crippen LogP contribution in [0.5, 0.6) is 11.5 Å². The van der Waals surface area contributed by atoms with Crippen LogP contribution in [0.1, 0.15) is 16.8 Å². The number of aliphatic hydroxyl groups excluding tert-OH is 1. The zero-order valence-electron chi connectivity index (χ0n) is 13.0. The number of aromatic nitrogens is 1. The van der Waals surface area contributed by atoms with Gasteiger partial charge in [-0.2, -0.15) is 0 Å². The van der Waals surface area contributed by atoms with Crippen molar-refractivity contribution in [1.29, 1.82) is 0 Å². The Labute approximate surface area is 132 Å². The standard InChI is InChI=1S/C16H18N2O5/c1-22-13-5-10-11(7-17-12(10)6-14(13)23-2)15(20)16(21)18-4-3-9(19)8-18/h5-7,9,17,19H,3-4,8H2,1-2H3. The molecule has 7 nitrogen and oxygen atoms in total. The number of carbonyl (C=O) groups excluding carboxylic acids is 2. The molecule has 1 aromatic carbocycles. The third kappa shape index (κ3) is 2.63. The molecular weight excluding hydrogens is 300 g/mol. The minimum Gasteiger partial charge on any atom is -0.493 e. The van der Waals surface area contributed by atoms with Gasteiger partial charge in [-0.3, -0.25) is 9.59 Å². The van der Waals surface area contributed by atoms with Crippen molar-refractivity contribution in [3.05, 3.63) is 23.9 Å². The number of ketones is 1. The van der Waals surface area contributed by atoms with Crippen LogP contribution in [0.25, 0.3) is 10.9 Å². The van der Waals surface area contributed by atoms with Gasteiger partial charge < -0.3 is 24.5 Å². The number of methoxy groups -OCH3 is 2. The number of fused-ring (bicyclic) bond motifs is 1. The number of rotatable bonds is 4. The second-order valence-electron chi connectivity index (χ2n) is 5.48. The van der Waals surface area contributed by atoms with Crippen molar-refractivity contribution >= 4 is 22.6 Å². The zero-order valence-corrected chi connectivity index (χ0v) is 13.0. The minimum absolute atomic E-state index is 0.198. The van der Waals surface area contributed by atoms with E-state index in [1.807, 2.05) is 0 Å². The molecule has 1 aliphatic heterocycles. The molecule has 7 heteroatoms. The number of Topliss-reactive ketones (excluding diaryl/α,β-unsaturated/α-hetero) is 1. The minimum atomic E-state index is -0.600. The van der Waals surface area contributed by atoms with E-state index in [0.717, 1.165) is 0 Å². The van der Waals surface area contributed by atoms with Crippen LogP contribution >= 0.6 is 0 Å². The molecule has 0 saturated carbocycles. The van der Waals surface area contributed by atoms with Crippen LogP contribution in [-0.2, 0) is 4.79 Å². The third-order valence-corrected chi connectivity index (χ3v) is 4.08. The van der Waals surface area contributed by atoms with Crippen molar-refractivity contribution in [2.24, 2.45) is 0 Å². The number of hydrogen-bond acceptors (Lipinski definition) is 5. The van der Waals surface area contributed by atoms with Gasteiger partial charge in [-0.1, -0.05) is 0 Å². The molecule has 2 N–H and O–H groups in total. The van der Waals surface area contributed by atoms with Crippen LogP contribution in [0.2, 0.25) is 0 Å². The largest absolute Gasteiger partial charge is 0.493 e. The summed E-state index contributed by atoms with van der Waals surface area (Å²) in [6, 6.07) is 3.39. The lowest BCUT2D eigenvalue weighted by Gasteiger charge is -2.14. The summed E-state index contributed by atoms with van der Waals surface area (Å²) in [5, 5.41) is 10.1. The van der Waals surface area contributed by atoms with Gasteiger partial charge in [0, 0.05) is 30.7 Å². The number of benzene rings is 1. The van der Waals surface area contributed by atoms with Crippen LogP contribution in [0.4, 0.5) is 0 Å². The van der Waals surface area contributed by atoms with E-state index in [0.29, 0.717) is 35.4 Å². The number of nitrogens with one attached hydrogen (secondary N) is 1. The molecule has 0 bridgehead atoms. The van der Waals surface area contributed by atoms with Crippen LogP contribution in [-0.4, -0.2) is 60.1 Å². The van der Waals surface area contributed by atoms with E-state index < -0.39 is 17.8 Å². The average molecular weight is 318 g/mol. The van der Waals surface area contributed by atoms with Crippen LogP contribution in [0, 0.1) is 0 Å². The first-order chi connectivity index (χ1) is 11.0. The van der Waals surface area contributed by atoms with E-state index in [1.54, 1.807) is 12.1 Å². The number of amides is 1. The molecule has 1 saturated heterocycles. The van der Waals surface area contributed by atoms with Crippen LogP contribution in [0.3, 0.4) is 0 Å². The van der Waals surface area contributed by atoms with E-state index in [1.165, 1.54) is 25.3 Å². The maximum atomic E-state index is 12.5. The fraction of sp³-hybridized carbons (Fsp3) is 0.375. The lowest BCUT2D eigenvalue weighted by atomic mass is 10.1. The summed E-state index contributed by atoms with van der Waals surface area (Å²) in [7, 11) is 3.04. The Balaban J connectivity index is 1.96. The Kier molecular flexibility index (Phi) is 3.96. The predicted octanol–water partition coefficient (Wildman–Crippen LogP) is 0.961. The van der Waals surface area contributed by atoms with Gasteiger partial charge in [0.15, 0.2) is 11.5 Å². The number of aromatic amines is 1. The number of carbonyl (C=O) groups is 2. The first kappa shape index (κ1) is 15.4. The molecule has 23 heavy (non-hydrogen) atoms. The summed E-state index contributed by atoms with van der Waals surface area (Å²) in [5.41, 5.74) is 0.965. The summed E-state index contributed by atoms with van der Waals surface area (Å²) in [5.74, 6) is -0.178. The lowest BCUT2D eigenvalue weighted by Crippen LogP contribution is -2.35. The molecule has 0 radical (unpaired) electrons. The summed E-state index contributed by atoms with van der Waals surface area (Å²) in [4.78, 5) is 29.2. The number of hydrogen-bond donors (Lipinski definition) is 2. The van der Waals surface area contributed by atoms with Gasteiger partial charge in [-0.15, -0.1) is 0 Å². The van der Waals surface area contributed by atoms with Crippen LogP contribution in [0.15, 0.2) is 18.3 Å². The topological polar surface area (TPSA) is 91.9 Å². The number of nitrogens with zero attached hydrogens (tertiary/aromatic N) is 1. The highest BCUT2D eigenvalue weighted by Crippen LogP contribution is 2.33. The molecule has 2 heterocycles. The molecule has 2 aromatic rings. The maximum absolute atomic E-state index is 12.5. The van der Waals surface area contributed by atoms with Gasteiger partial charge in [0.1, 0.15) is 0 Å². The van der Waals surface area contributed by atoms with E-state index >= 15 is 0 Å². The van der Waals surface area contributed by atoms with Gasteiger partial charge in [-0.05, 0) is 12.5 Å². The predicted molar refractivity (Wildman–Crippen MR) is 82.9 cm³/mol. The third-order valence-electron chi connectivity index (χ3n) is 4.08. The highest BCUT2D eigenvalue weighted by Gasteiger charge is 2.31. The Hall–Kier alpha value is -2.54. The molecule has 1 atom stereocenters. The van der Waals surface area contributed by atoms with Crippen molar-refractivity contribution in [2.75, 3.05) is 27.3 Å². The van der Waals surface area contributed by atoms with Gasteiger partial charge in [0.2, 0.25) is 0 Å². The molecule has 1 amide bonds. The smallest absolute Gasteiger partial charge is 0.295 e. The number of H-pyrrole nitrogens is 1. The molecule has 3 rings (SSSR count). The second kappa shape index (κ2) is 5.92. The van der Waals surface area contributed by atoms with Gasteiger partial charge in [0.25, 0.3) is 11.7 Å². The van der Waals surface area contributed by atoms with Crippen molar-refractivity contribution in [1.82, 2.24) is 9.88 Å². The fourth-order valence-electron chi connectivity index (χ4n) is 2.82. The molecule has 1 aliphatic rings. The first-order valence-electron chi connectivity index (χ1n) is 7.30. The zero-order chi connectivity index (χ0) is 16.6. The highest BCUT2D eigenvalue weighted by atomic mass is 16.5. The highest BCUT2D eigenvalue weighted by molar-refractivity contribution is 6.44. The number of ether oxygens (including phenoxy) is 2. The molecule has 0 spiro atoms. The Morgan fingerprint density at radius 1 is 1.26 bits per heavy atom. The van der Waals surface area contributed by atoms with Gasteiger partial charge >= 0.3 is 0 Å². The summed E-state index contributed by atoms with van der Waals surface area (Å²) in [6.45, 7) is 0.593. The molecular formula is C16H18N2O5. The van der Waals surface area contributed by atoms with Crippen molar-refractivity contribution in [3.8, 4) is 11.5 Å². The first-order valence-corrected chi connectivity index (χ1v) is 7.30.